The van der Waals surface area contributed by atoms with Gasteiger partial charge in [-0.1, -0.05) is 24.6 Å². The van der Waals surface area contributed by atoms with Crippen molar-refractivity contribution in [1.82, 2.24) is 4.31 Å². The van der Waals surface area contributed by atoms with Gasteiger partial charge < -0.3 is 4.74 Å². The number of benzene rings is 1. The van der Waals surface area contributed by atoms with Crippen LogP contribution in [0.5, 0.6) is 0 Å². The number of halogens is 2. The number of morpholine rings is 1. The minimum atomic E-state index is -3.54. The monoisotopic (exact) mass is 337 g/mol. The van der Waals surface area contributed by atoms with Crippen molar-refractivity contribution in [3.8, 4) is 0 Å². The number of sulfonamides is 1. The highest BCUT2D eigenvalue weighted by molar-refractivity contribution is 7.89. The van der Waals surface area contributed by atoms with Gasteiger partial charge in [-0.15, -0.1) is 11.6 Å². The van der Waals surface area contributed by atoms with Gasteiger partial charge in [0, 0.05) is 23.5 Å². The molecule has 0 amide bonds. The standard InChI is InChI=1S/C13H17Cl2NO3S/c1-2-11-9-19-6-5-16(11)20(17,18)12-4-3-10(8-14)13(15)7-12/h3-4,7,11H,2,5-6,8-9H2,1H3. The van der Waals surface area contributed by atoms with Crippen molar-refractivity contribution in [3.05, 3.63) is 28.8 Å². The van der Waals surface area contributed by atoms with Crippen molar-refractivity contribution in [2.24, 2.45) is 0 Å². The van der Waals surface area contributed by atoms with E-state index in [2.05, 4.69) is 0 Å². The molecule has 1 fully saturated rings. The van der Waals surface area contributed by atoms with Crippen LogP contribution in [0.25, 0.3) is 0 Å². The van der Waals surface area contributed by atoms with Crippen molar-refractivity contribution in [2.45, 2.75) is 30.2 Å². The third-order valence-corrected chi connectivity index (χ3v) is 6.01. The molecule has 0 N–H and O–H groups in total. The summed E-state index contributed by atoms with van der Waals surface area (Å²) in [6.07, 6.45) is 0.715. The smallest absolute Gasteiger partial charge is 0.243 e. The zero-order valence-electron chi connectivity index (χ0n) is 11.2. The summed E-state index contributed by atoms with van der Waals surface area (Å²) in [5.41, 5.74) is 0.723. The summed E-state index contributed by atoms with van der Waals surface area (Å²) in [5, 5.41) is 0.377. The maximum Gasteiger partial charge on any atom is 0.243 e. The number of ether oxygens (including phenoxy) is 1. The largest absolute Gasteiger partial charge is 0.378 e. The van der Waals surface area contributed by atoms with Crippen LogP contribution in [0, 0.1) is 0 Å². The Bertz CT molecular complexity index is 577. The van der Waals surface area contributed by atoms with Crippen LogP contribution in [0.4, 0.5) is 0 Å². The van der Waals surface area contributed by atoms with Crippen LogP contribution in [0.3, 0.4) is 0 Å². The summed E-state index contributed by atoms with van der Waals surface area (Å²) in [6, 6.07) is 4.56. The molecule has 1 aliphatic heterocycles. The maximum absolute atomic E-state index is 12.7. The van der Waals surface area contributed by atoms with E-state index in [-0.39, 0.29) is 16.8 Å². The third-order valence-electron chi connectivity index (χ3n) is 3.42. The van der Waals surface area contributed by atoms with Gasteiger partial charge in [-0.05, 0) is 24.1 Å². The van der Waals surface area contributed by atoms with Crippen molar-refractivity contribution in [2.75, 3.05) is 19.8 Å². The second kappa shape index (κ2) is 6.62. The molecule has 112 valence electrons. The Morgan fingerprint density at radius 1 is 1.45 bits per heavy atom. The first-order chi connectivity index (χ1) is 9.50. The van der Waals surface area contributed by atoms with E-state index in [0.717, 1.165) is 5.56 Å². The van der Waals surface area contributed by atoms with Gasteiger partial charge in [-0.2, -0.15) is 4.31 Å². The fourth-order valence-corrected chi connectivity index (χ4v) is 4.52. The Labute approximate surface area is 129 Å². The Morgan fingerprint density at radius 3 is 2.80 bits per heavy atom. The molecule has 0 aliphatic carbocycles. The fraction of sp³-hybridized carbons (Fsp3) is 0.538. The molecule has 0 bridgehead atoms. The van der Waals surface area contributed by atoms with Gasteiger partial charge >= 0.3 is 0 Å². The van der Waals surface area contributed by atoms with E-state index < -0.39 is 10.0 Å². The lowest BCUT2D eigenvalue weighted by atomic mass is 10.2. The first kappa shape index (κ1) is 16.0. The van der Waals surface area contributed by atoms with Crippen molar-refractivity contribution >= 4 is 33.2 Å². The molecule has 7 heteroatoms. The van der Waals surface area contributed by atoms with Crippen LogP contribution in [0.15, 0.2) is 23.1 Å². The Morgan fingerprint density at radius 2 is 2.20 bits per heavy atom. The average Bonchev–Trinajstić information content (AvgIpc) is 2.47. The van der Waals surface area contributed by atoms with Crippen molar-refractivity contribution < 1.29 is 13.2 Å². The molecule has 1 atom stereocenters. The number of hydrogen-bond acceptors (Lipinski definition) is 3. The van der Waals surface area contributed by atoms with Gasteiger partial charge in [-0.25, -0.2) is 8.42 Å². The van der Waals surface area contributed by atoms with Crippen molar-refractivity contribution in [1.29, 1.82) is 0 Å². The normalized spacial score (nSPS) is 21.1. The van der Waals surface area contributed by atoms with Gasteiger partial charge in [-0.3, -0.25) is 0 Å². The summed E-state index contributed by atoms with van der Waals surface area (Å²) < 4.78 is 32.2. The molecule has 0 spiro atoms. The molecule has 1 heterocycles. The van der Waals surface area contributed by atoms with Crippen LogP contribution < -0.4 is 0 Å². The molecule has 2 rings (SSSR count). The fourth-order valence-electron chi connectivity index (χ4n) is 2.21. The van der Waals surface area contributed by atoms with Gasteiger partial charge in [0.2, 0.25) is 10.0 Å². The molecule has 20 heavy (non-hydrogen) atoms. The first-order valence-corrected chi connectivity index (χ1v) is 8.80. The highest BCUT2D eigenvalue weighted by atomic mass is 35.5. The minimum Gasteiger partial charge on any atom is -0.378 e. The van der Waals surface area contributed by atoms with E-state index in [1.54, 1.807) is 12.1 Å². The molecule has 1 unspecified atom stereocenters. The molecule has 0 radical (unpaired) electrons. The quantitative estimate of drug-likeness (QED) is 0.793. The van der Waals surface area contributed by atoms with Crippen LogP contribution in [0.1, 0.15) is 18.9 Å². The van der Waals surface area contributed by atoms with Gasteiger partial charge in [0.05, 0.1) is 18.1 Å². The summed E-state index contributed by atoms with van der Waals surface area (Å²) >= 11 is 11.8. The lowest BCUT2D eigenvalue weighted by Crippen LogP contribution is -2.48. The number of nitrogens with zero attached hydrogens (tertiary/aromatic N) is 1. The van der Waals surface area contributed by atoms with E-state index in [0.29, 0.717) is 31.2 Å². The van der Waals surface area contributed by atoms with Crippen LogP contribution >= 0.6 is 23.2 Å². The SMILES string of the molecule is CCC1COCCN1S(=O)(=O)c1ccc(CCl)c(Cl)c1. The van der Waals surface area contributed by atoms with Gasteiger partial charge in [0.25, 0.3) is 0 Å². The van der Waals surface area contributed by atoms with Crippen LogP contribution in [-0.4, -0.2) is 38.5 Å². The lowest BCUT2D eigenvalue weighted by Gasteiger charge is -2.34. The van der Waals surface area contributed by atoms with E-state index in [4.69, 9.17) is 27.9 Å². The Kier molecular flexibility index (Phi) is 5.31. The summed E-state index contributed by atoms with van der Waals surface area (Å²) in [6.45, 7) is 3.17. The van der Waals surface area contributed by atoms with Crippen molar-refractivity contribution in [3.63, 3.8) is 0 Å². The summed E-state index contributed by atoms with van der Waals surface area (Å²) in [4.78, 5) is 0.205. The van der Waals surface area contributed by atoms with E-state index in [1.165, 1.54) is 10.4 Å². The Hall–Kier alpha value is -0.330. The predicted octanol–water partition coefficient (Wildman–Crippen LogP) is 2.88. The summed E-state index contributed by atoms with van der Waals surface area (Å²) in [5.74, 6) is 0.258. The molecule has 4 nitrogen and oxygen atoms in total. The van der Waals surface area contributed by atoms with Gasteiger partial charge in [0.15, 0.2) is 0 Å². The number of hydrogen-bond donors (Lipinski definition) is 0. The minimum absolute atomic E-state index is 0.125. The highest BCUT2D eigenvalue weighted by Gasteiger charge is 2.33. The molecule has 1 aromatic carbocycles. The second-order valence-electron chi connectivity index (χ2n) is 4.64. The second-order valence-corrected chi connectivity index (χ2v) is 7.20. The molecular weight excluding hydrogens is 321 g/mol. The maximum atomic E-state index is 12.7. The van der Waals surface area contributed by atoms with E-state index in [1.807, 2.05) is 6.92 Å². The van der Waals surface area contributed by atoms with Crippen LogP contribution in [-0.2, 0) is 20.6 Å². The zero-order chi connectivity index (χ0) is 14.8. The number of rotatable bonds is 4. The molecule has 0 aromatic heterocycles. The molecule has 0 saturated carbocycles. The number of alkyl halides is 1. The lowest BCUT2D eigenvalue weighted by molar-refractivity contribution is 0.0314. The third kappa shape index (κ3) is 3.12. The van der Waals surface area contributed by atoms with E-state index >= 15 is 0 Å². The first-order valence-electron chi connectivity index (χ1n) is 6.44. The van der Waals surface area contributed by atoms with E-state index in [9.17, 15) is 8.42 Å². The molecular formula is C13H17Cl2NO3S. The summed E-state index contributed by atoms with van der Waals surface area (Å²) in [7, 11) is -3.54. The molecule has 1 aliphatic rings. The zero-order valence-corrected chi connectivity index (χ0v) is 13.5. The van der Waals surface area contributed by atoms with Crippen LogP contribution in [0.2, 0.25) is 5.02 Å². The molecule has 1 saturated heterocycles. The topological polar surface area (TPSA) is 46.6 Å². The highest BCUT2D eigenvalue weighted by Crippen LogP contribution is 2.26. The Balaban J connectivity index is 2.36. The van der Waals surface area contributed by atoms with Gasteiger partial charge in [0.1, 0.15) is 0 Å². The average molecular weight is 338 g/mol. The predicted molar refractivity (Wildman–Crippen MR) is 79.8 cm³/mol. The molecule has 1 aromatic rings.